The van der Waals surface area contributed by atoms with Gasteiger partial charge in [-0.3, -0.25) is 4.99 Å². The van der Waals surface area contributed by atoms with Gasteiger partial charge in [0, 0.05) is 51.3 Å². The standard InChI is InChI=1S/C42H38N4/c43-36(41(32-18-9-3-10-19-32)38-25-24-34(45-38)28-30-14-5-1-6-15-30)23-13-22-35(31-16-7-2-8-17-31)37-26-27-39(46-37)42(40-29-44-40)33-20-11-4-12-21-33/h1-18,20-21,23-27,32,45-46H,19,22,28-29,43H2/b23-13-,37-35+,41-36-,42-39-. The number of hydrogen-bond acceptors (Lipinski definition) is 2. The van der Waals surface area contributed by atoms with E-state index in [1.807, 2.05) is 0 Å². The molecule has 1 aliphatic carbocycles. The number of aromatic nitrogens is 2. The molecule has 2 aliphatic rings. The summed E-state index contributed by atoms with van der Waals surface area (Å²) in [5.74, 6) is 0.207. The van der Waals surface area contributed by atoms with Crippen LogP contribution in [0.2, 0.25) is 0 Å². The Labute approximate surface area is 270 Å². The van der Waals surface area contributed by atoms with Crippen LogP contribution in [0.25, 0.3) is 16.7 Å². The van der Waals surface area contributed by atoms with E-state index in [9.17, 15) is 0 Å². The Bertz CT molecular complexity index is 2090. The highest BCUT2D eigenvalue weighted by Crippen LogP contribution is 2.32. The topological polar surface area (TPSA) is 70.0 Å². The van der Waals surface area contributed by atoms with E-state index in [1.165, 1.54) is 33.5 Å². The highest BCUT2D eigenvalue weighted by Gasteiger charge is 2.20. The second kappa shape index (κ2) is 13.6. The van der Waals surface area contributed by atoms with E-state index in [2.05, 4.69) is 167 Å². The Balaban J connectivity index is 1.24. The summed E-state index contributed by atoms with van der Waals surface area (Å²) < 4.78 is 0. The number of benzene rings is 3. The third kappa shape index (κ3) is 6.72. The molecule has 226 valence electrons. The molecule has 2 aromatic heterocycles. The number of nitrogens with two attached hydrogens (primary N) is 1. The zero-order valence-electron chi connectivity index (χ0n) is 25.9. The monoisotopic (exact) mass is 598 g/mol. The molecule has 1 aliphatic heterocycles. The lowest BCUT2D eigenvalue weighted by Gasteiger charge is -2.19. The lowest BCUT2D eigenvalue weighted by Crippen LogP contribution is -2.18. The highest BCUT2D eigenvalue weighted by molar-refractivity contribution is 6.30. The minimum absolute atomic E-state index is 0.207. The number of nitrogens with zero attached hydrogens (tertiary/aromatic N) is 1. The quantitative estimate of drug-likeness (QED) is 0.146. The zero-order valence-corrected chi connectivity index (χ0v) is 25.9. The molecule has 0 bridgehead atoms. The van der Waals surface area contributed by atoms with E-state index < -0.39 is 0 Å². The van der Waals surface area contributed by atoms with Crippen LogP contribution in [0.4, 0.5) is 0 Å². The molecule has 1 unspecified atom stereocenters. The summed E-state index contributed by atoms with van der Waals surface area (Å²) in [7, 11) is 0. The van der Waals surface area contributed by atoms with Crippen molar-refractivity contribution in [1.82, 2.24) is 9.97 Å². The number of aromatic amines is 2. The van der Waals surface area contributed by atoms with Crippen LogP contribution in [0.1, 0.15) is 40.9 Å². The number of allylic oxidation sites excluding steroid dienone is 7. The van der Waals surface area contributed by atoms with Crippen LogP contribution >= 0.6 is 0 Å². The van der Waals surface area contributed by atoms with Gasteiger partial charge in [-0.2, -0.15) is 0 Å². The van der Waals surface area contributed by atoms with Crippen LogP contribution in [-0.4, -0.2) is 22.2 Å². The molecule has 46 heavy (non-hydrogen) atoms. The molecule has 3 heterocycles. The summed E-state index contributed by atoms with van der Waals surface area (Å²) >= 11 is 0. The van der Waals surface area contributed by atoms with E-state index in [-0.39, 0.29) is 5.92 Å². The van der Waals surface area contributed by atoms with Crippen molar-refractivity contribution in [2.45, 2.75) is 19.3 Å². The van der Waals surface area contributed by atoms with Crippen LogP contribution < -0.4 is 16.4 Å². The fourth-order valence-corrected chi connectivity index (χ4v) is 6.29. The highest BCUT2D eigenvalue weighted by atomic mass is 14.9. The molecule has 1 atom stereocenters. The van der Waals surface area contributed by atoms with Crippen molar-refractivity contribution >= 4 is 22.4 Å². The smallest absolute Gasteiger partial charge is 0.0818 e. The fraction of sp³-hybridized carbons (Fsp3) is 0.119. The Morgan fingerprint density at radius 1 is 0.761 bits per heavy atom. The molecule has 4 N–H and O–H groups in total. The van der Waals surface area contributed by atoms with Gasteiger partial charge in [-0.1, -0.05) is 121 Å². The second-order valence-corrected chi connectivity index (χ2v) is 11.8. The van der Waals surface area contributed by atoms with Crippen molar-refractivity contribution in [1.29, 1.82) is 0 Å². The van der Waals surface area contributed by atoms with Gasteiger partial charge in [-0.25, -0.2) is 0 Å². The molecular formula is C42H38N4. The second-order valence-electron chi connectivity index (χ2n) is 11.8. The number of rotatable bonds is 10. The van der Waals surface area contributed by atoms with Crippen molar-refractivity contribution in [3.63, 3.8) is 0 Å². The summed E-state index contributed by atoms with van der Waals surface area (Å²) in [6.07, 6.45) is 15.5. The average Bonchev–Trinajstić information content (AvgIpc) is 3.64. The van der Waals surface area contributed by atoms with Gasteiger partial charge in [0.25, 0.3) is 0 Å². The van der Waals surface area contributed by atoms with Gasteiger partial charge >= 0.3 is 0 Å². The minimum atomic E-state index is 0.207. The Kier molecular flexibility index (Phi) is 8.59. The largest absolute Gasteiger partial charge is 0.398 e. The zero-order chi connectivity index (χ0) is 31.1. The fourth-order valence-electron chi connectivity index (χ4n) is 6.29. The third-order valence-corrected chi connectivity index (χ3v) is 8.63. The van der Waals surface area contributed by atoms with E-state index >= 15 is 0 Å². The van der Waals surface area contributed by atoms with Crippen LogP contribution in [-0.2, 0) is 6.42 Å². The van der Waals surface area contributed by atoms with Crippen LogP contribution in [0.5, 0.6) is 0 Å². The van der Waals surface area contributed by atoms with Crippen molar-refractivity contribution in [3.8, 4) is 0 Å². The van der Waals surface area contributed by atoms with Gasteiger partial charge in [0.1, 0.15) is 0 Å². The van der Waals surface area contributed by atoms with E-state index in [0.717, 1.165) is 59.2 Å². The van der Waals surface area contributed by atoms with Crippen molar-refractivity contribution < 1.29 is 0 Å². The van der Waals surface area contributed by atoms with Gasteiger partial charge in [-0.05, 0) is 65.4 Å². The van der Waals surface area contributed by atoms with E-state index in [0.29, 0.717) is 0 Å². The molecule has 4 heteroatoms. The molecule has 5 aromatic rings. The van der Waals surface area contributed by atoms with Gasteiger partial charge in [0.15, 0.2) is 0 Å². The Morgan fingerprint density at radius 2 is 1.46 bits per heavy atom. The van der Waals surface area contributed by atoms with Crippen molar-refractivity contribution in [3.05, 3.63) is 196 Å². The lowest BCUT2D eigenvalue weighted by atomic mass is 9.88. The SMILES string of the molecule is NC(/C=C\C/C(c1ccccc1)=c1/cc/c(=C(/C2=NC2)c2ccccc2)[nH]1)=C(\c1ccc(Cc2ccccc2)[nH]1)C1C=CC=CC1. The maximum atomic E-state index is 6.94. The van der Waals surface area contributed by atoms with Gasteiger partial charge in [0.05, 0.1) is 12.3 Å². The molecule has 0 saturated heterocycles. The molecule has 0 spiro atoms. The number of nitrogens with one attached hydrogen (secondary N) is 2. The minimum Gasteiger partial charge on any atom is -0.398 e. The van der Waals surface area contributed by atoms with Gasteiger partial charge in [0.2, 0.25) is 0 Å². The van der Waals surface area contributed by atoms with Crippen molar-refractivity contribution in [2.75, 3.05) is 6.54 Å². The number of H-pyrrole nitrogens is 2. The maximum absolute atomic E-state index is 6.94. The Hall–Kier alpha value is -5.61. The summed E-state index contributed by atoms with van der Waals surface area (Å²) in [6.45, 7) is 0.797. The third-order valence-electron chi connectivity index (χ3n) is 8.63. The predicted molar refractivity (Wildman–Crippen MR) is 192 cm³/mol. The molecule has 0 radical (unpaired) electrons. The molecule has 7 rings (SSSR count). The lowest BCUT2D eigenvalue weighted by molar-refractivity contribution is 0.831. The van der Waals surface area contributed by atoms with Crippen molar-refractivity contribution in [2.24, 2.45) is 16.6 Å². The summed E-state index contributed by atoms with van der Waals surface area (Å²) in [5, 5.41) is 2.19. The normalized spacial score (nSPS) is 17.5. The summed E-state index contributed by atoms with van der Waals surface area (Å²) in [5.41, 5.74) is 18.3. The predicted octanol–water partition coefficient (Wildman–Crippen LogP) is 7.23. The van der Waals surface area contributed by atoms with Crippen LogP contribution in [0.3, 0.4) is 0 Å². The number of hydrogen-bond donors (Lipinski definition) is 3. The molecule has 4 nitrogen and oxygen atoms in total. The van der Waals surface area contributed by atoms with Crippen LogP contribution in [0, 0.1) is 5.92 Å². The van der Waals surface area contributed by atoms with Gasteiger partial charge < -0.3 is 15.7 Å². The molecule has 3 aromatic carbocycles. The molecule has 0 saturated carbocycles. The first-order valence-corrected chi connectivity index (χ1v) is 16.0. The molecular weight excluding hydrogens is 560 g/mol. The Morgan fingerprint density at radius 3 is 2.15 bits per heavy atom. The maximum Gasteiger partial charge on any atom is 0.0818 e. The first kappa shape index (κ1) is 29.1. The van der Waals surface area contributed by atoms with Gasteiger partial charge in [-0.15, -0.1) is 0 Å². The number of aliphatic imine (C=N–C) groups is 1. The van der Waals surface area contributed by atoms with E-state index in [1.54, 1.807) is 0 Å². The average molecular weight is 599 g/mol. The summed E-state index contributed by atoms with van der Waals surface area (Å²) in [4.78, 5) is 12.0. The molecule has 0 fully saturated rings. The van der Waals surface area contributed by atoms with E-state index in [4.69, 9.17) is 5.73 Å². The first-order chi connectivity index (χ1) is 22.7. The molecule has 0 amide bonds. The first-order valence-electron chi connectivity index (χ1n) is 16.0. The van der Waals surface area contributed by atoms with Crippen LogP contribution in [0.15, 0.2) is 162 Å². The summed E-state index contributed by atoms with van der Waals surface area (Å²) in [6, 6.07) is 40.4.